The molecule has 1 heterocycles. The zero-order valence-corrected chi connectivity index (χ0v) is 22.8. The average Bonchev–Trinajstić information content (AvgIpc) is 2.93. The minimum atomic E-state index is -0.502. The zero-order chi connectivity index (χ0) is 25.9. The number of hydrogen-bond acceptors (Lipinski definition) is 5. The minimum absolute atomic E-state index is 0.126. The third kappa shape index (κ3) is 8.51. The third-order valence-corrected chi connectivity index (χ3v) is 7.15. The number of nitrogens with two attached hydrogens (primary N) is 1. The summed E-state index contributed by atoms with van der Waals surface area (Å²) in [6.45, 7) is 2.45. The lowest BCUT2D eigenvalue weighted by atomic mass is 9.91. The van der Waals surface area contributed by atoms with Gasteiger partial charge in [0.15, 0.2) is 0 Å². The highest BCUT2D eigenvalue weighted by molar-refractivity contribution is 14.1. The first kappa shape index (κ1) is 27.5. The van der Waals surface area contributed by atoms with Crippen LogP contribution in [-0.4, -0.2) is 47.2 Å². The lowest BCUT2D eigenvalue weighted by molar-refractivity contribution is -0.219. The Labute approximate surface area is 232 Å². The molecule has 1 saturated heterocycles. The number of urea groups is 1. The normalized spacial score (nSPS) is 21.4. The van der Waals surface area contributed by atoms with Gasteiger partial charge in [-0.1, -0.05) is 91.0 Å². The van der Waals surface area contributed by atoms with E-state index in [0.29, 0.717) is 39.6 Å². The Hall–Kier alpha value is -2.50. The van der Waals surface area contributed by atoms with Gasteiger partial charge >= 0.3 is 6.03 Å². The maximum atomic E-state index is 11.8. The van der Waals surface area contributed by atoms with Crippen LogP contribution in [0.25, 0.3) is 0 Å². The number of rotatable bonds is 12. The minimum Gasteiger partial charge on any atom is -0.374 e. The predicted octanol–water partition coefficient (Wildman–Crippen LogP) is 5.12. The highest BCUT2D eigenvalue weighted by Crippen LogP contribution is 2.29. The molecular weight excluding hydrogens is 583 g/mol. The molecule has 196 valence electrons. The van der Waals surface area contributed by atoms with Crippen LogP contribution < -0.4 is 5.73 Å². The Bertz CT molecular complexity index is 1070. The van der Waals surface area contributed by atoms with Gasteiger partial charge in [-0.2, -0.15) is 0 Å². The van der Waals surface area contributed by atoms with E-state index in [-0.39, 0.29) is 18.1 Å². The summed E-state index contributed by atoms with van der Waals surface area (Å²) in [5.74, 6) is -0.126. The van der Waals surface area contributed by atoms with Crippen LogP contribution in [0.15, 0.2) is 91.0 Å². The van der Waals surface area contributed by atoms with E-state index in [0.717, 1.165) is 16.7 Å². The van der Waals surface area contributed by atoms with Crippen molar-refractivity contribution in [1.82, 2.24) is 3.11 Å². The van der Waals surface area contributed by atoms with E-state index < -0.39 is 12.1 Å². The fourth-order valence-electron chi connectivity index (χ4n) is 4.35. The molecule has 4 rings (SSSR count). The van der Waals surface area contributed by atoms with Crippen LogP contribution in [-0.2, 0) is 38.8 Å². The number of ether oxygens (including phenoxy) is 4. The molecule has 3 aromatic carbocycles. The smallest absolute Gasteiger partial charge is 0.323 e. The molecule has 0 saturated carbocycles. The SMILES string of the molecule is NC(=O)N(I)C[C@@H]1CO[C@H](COCc2ccccc2)[C@H](OCc2ccccc2)[C@@H]1OCc1ccccc1. The van der Waals surface area contributed by atoms with Crippen molar-refractivity contribution in [2.45, 2.75) is 38.1 Å². The number of benzene rings is 3. The topological polar surface area (TPSA) is 83.3 Å². The van der Waals surface area contributed by atoms with Crippen molar-refractivity contribution in [2.75, 3.05) is 19.8 Å². The van der Waals surface area contributed by atoms with E-state index >= 15 is 0 Å². The van der Waals surface area contributed by atoms with Gasteiger partial charge in [0.1, 0.15) is 12.2 Å². The van der Waals surface area contributed by atoms with Gasteiger partial charge in [-0.15, -0.1) is 0 Å². The molecule has 0 radical (unpaired) electrons. The van der Waals surface area contributed by atoms with Crippen molar-refractivity contribution in [1.29, 1.82) is 0 Å². The first-order chi connectivity index (χ1) is 18.1. The highest BCUT2D eigenvalue weighted by atomic mass is 127. The van der Waals surface area contributed by atoms with Crippen molar-refractivity contribution in [2.24, 2.45) is 11.7 Å². The van der Waals surface area contributed by atoms with Crippen molar-refractivity contribution in [3.63, 3.8) is 0 Å². The molecule has 0 aliphatic carbocycles. The van der Waals surface area contributed by atoms with Crippen LogP contribution in [0.5, 0.6) is 0 Å². The van der Waals surface area contributed by atoms with Crippen molar-refractivity contribution in [3.8, 4) is 0 Å². The van der Waals surface area contributed by atoms with Crippen LogP contribution in [0.3, 0.4) is 0 Å². The van der Waals surface area contributed by atoms with Gasteiger partial charge in [0.05, 0.1) is 62.0 Å². The lowest BCUT2D eigenvalue weighted by Crippen LogP contribution is -2.56. The first-order valence-corrected chi connectivity index (χ1v) is 13.3. The molecular formula is C29H33IN2O5. The van der Waals surface area contributed by atoms with Crippen LogP contribution >= 0.6 is 22.9 Å². The van der Waals surface area contributed by atoms with E-state index in [1.807, 2.05) is 114 Å². The van der Waals surface area contributed by atoms with Gasteiger partial charge in [0.2, 0.25) is 0 Å². The molecule has 0 bridgehead atoms. The molecule has 37 heavy (non-hydrogen) atoms. The number of amides is 2. The summed E-state index contributed by atoms with van der Waals surface area (Å²) in [7, 11) is 0. The van der Waals surface area contributed by atoms with E-state index in [2.05, 4.69) is 0 Å². The Kier molecular flexibility index (Phi) is 10.7. The van der Waals surface area contributed by atoms with Crippen molar-refractivity contribution < 1.29 is 23.7 Å². The fraction of sp³-hybridized carbons (Fsp3) is 0.345. The molecule has 8 heteroatoms. The van der Waals surface area contributed by atoms with Crippen LogP contribution in [0.2, 0.25) is 0 Å². The third-order valence-electron chi connectivity index (χ3n) is 6.28. The standard InChI is InChI=1S/C29H33IN2O5/c30-32(29(31)33)16-25-20-35-26(21-34-17-22-10-4-1-5-11-22)28(37-19-24-14-8-3-9-15-24)27(25)36-18-23-12-6-2-7-13-23/h1-15,25-28H,16-21H2,(H2,31,33)/t25-,26-,27-,28+/m1/s1. The Morgan fingerprint density at radius 2 is 1.30 bits per heavy atom. The molecule has 0 spiro atoms. The average molecular weight is 616 g/mol. The fourth-order valence-corrected chi connectivity index (χ4v) is 4.85. The van der Waals surface area contributed by atoms with Gasteiger partial charge in [0.25, 0.3) is 0 Å². The zero-order valence-electron chi connectivity index (χ0n) is 20.7. The summed E-state index contributed by atoms with van der Waals surface area (Å²) in [5.41, 5.74) is 8.74. The Morgan fingerprint density at radius 3 is 1.81 bits per heavy atom. The second-order valence-corrected chi connectivity index (χ2v) is 10.2. The number of halogens is 1. The maximum Gasteiger partial charge on any atom is 0.323 e. The highest BCUT2D eigenvalue weighted by Gasteiger charge is 2.43. The van der Waals surface area contributed by atoms with Gasteiger partial charge in [-0.25, -0.2) is 4.79 Å². The second kappa shape index (κ2) is 14.4. The van der Waals surface area contributed by atoms with E-state index in [9.17, 15) is 4.79 Å². The number of carbonyl (C=O) groups excluding carboxylic acids is 1. The predicted molar refractivity (Wildman–Crippen MR) is 150 cm³/mol. The summed E-state index contributed by atoms with van der Waals surface area (Å²) in [6.07, 6.45) is -1.07. The molecule has 2 amide bonds. The van der Waals surface area contributed by atoms with Crippen molar-refractivity contribution >= 4 is 28.9 Å². The first-order valence-electron chi connectivity index (χ1n) is 12.4. The quantitative estimate of drug-likeness (QED) is 0.226. The number of hydrogen-bond donors (Lipinski definition) is 1. The summed E-state index contributed by atoms with van der Waals surface area (Å²) in [4.78, 5) is 11.8. The van der Waals surface area contributed by atoms with Gasteiger partial charge in [-0.05, 0) is 16.7 Å². The monoisotopic (exact) mass is 616 g/mol. The number of nitrogens with zero attached hydrogens (tertiary/aromatic N) is 1. The van der Waals surface area contributed by atoms with Gasteiger partial charge in [-0.3, -0.25) is 3.11 Å². The van der Waals surface area contributed by atoms with E-state index in [1.165, 1.54) is 3.11 Å². The van der Waals surface area contributed by atoms with Crippen LogP contribution in [0.1, 0.15) is 16.7 Å². The molecule has 2 N–H and O–H groups in total. The van der Waals surface area contributed by atoms with E-state index in [4.69, 9.17) is 24.7 Å². The summed E-state index contributed by atoms with van der Waals surface area (Å²) >= 11 is 1.94. The number of primary amides is 1. The molecule has 1 aliphatic heterocycles. The molecule has 1 fully saturated rings. The summed E-state index contributed by atoms with van der Waals surface area (Å²) < 4.78 is 26.8. The maximum absolute atomic E-state index is 11.8. The summed E-state index contributed by atoms with van der Waals surface area (Å²) in [5, 5.41) is 0. The van der Waals surface area contributed by atoms with Crippen LogP contribution in [0.4, 0.5) is 4.79 Å². The van der Waals surface area contributed by atoms with Crippen LogP contribution in [0, 0.1) is 5.92 Å². The molecule has 7 nitrogen and oxygen atoms in total. The number of carbonyl (C=O) groups is 1. The summed E-state index contributed by atoms with van der Waals surface area (Å²) in [6, 6.07) is 29.6. The Morgan fingerprint density at radius 1 is 0.811 bits per heavy atom. The molecule has 4 atom stereocenters. The van der Waals surface area contributed by atoms with E-state index in [1.54, 1.807) is 0 Å². The largest absolute Gasteiger partial charge is 0.374 e. The molecule has 3 aromatic rings. The van der Waals surface area contributed by atoms with Crippen molar-refractivity contribution in [3.05, 3.63) is 108 Å². The molecule has 0 unspecified atom stereocenters. The molecule has 1 aliphatic rings. The second-order valence-electron chi connectivity index (χ2n) is 9.04. The molecule has 0 aromatic heterocycles. The Balaban J connectivity index is 1.51. The van der Waals surface area contributed by atoms with Gasteiger partial charge < -0.3 is 24.7 Å². The van der Waals surface area contributed by atoms with Gasteiger partial charge in [0, 0.05) is 12.5 Å². The lowest BCUT2D eigenvalue weighted by Gasteiger charge is -2.43.